The number of pyridine rings is 1. The highest BCUT2D eigenvalue weighted by molar-refractivity contribution is 5.87. The van der Waals surface area contributed by atoms with Crippen LogP contribution in [-0.4, -0.2) is 46.0 Å². The largest absolute Gasteiger partial charge is 0.489 e. The minimum Gasteiger partial charge on any atom is -0.489 e. The van der Waals surface area contributed by atoms with Crippen LogP contribution in [0.1, 0.15) is 12.6 Å². The van der Waals surface area contributed by atoms with Crippen LogP contribution >= 0.6 is 0 Å². The summed E-state index contributed by atoms with van der Waals surface area (Å²) < 4.78 is 5.76. The number of amides is 2. The van der Waals surface area contributed by atoms with E-state index < -0.39 is 6.04 Å². The van der Waals surface area contributed by atoms with Gasteiger partial charge in [-0.15, -0.1) is 0 Å². The number of aromatic amines is 1. The van der Waals surface area contributed by atoms with Crippen LogP contribution in [0.3, 0.4) is 0 Å². The minimum atomic E-state index is -0.679. The number of para-hydroxylation sites is 1. The number of aromatic nitrogens is 3. The average molecular weight is 367 g/mol. The molecule has 0 spiro atoms. The second-order valence-electron chi connectivity index (χ2n) is 6.00. The van der Waals surface area contributed by atoms with Crippen LogP contribution in [0.5, 0.6) is 5.75 Å². The van der Waals surface area contributed by atoms with Crippen LogP contribution in [0.15, 0.2) is 49.1 Å². The summed E-state index contributed by atoms with van der Waals surface area (Å²) in [5.41, 5.74) is 1.55. The first-order chi connectivity index (χ1) is 13.1. The van der Waals surface area contributed by atoms with Crippen LogP contribution in [0.4, 0.5) is 0 Å². The second-order valence-corrected chi connectivity index (χ2v) is 6.00. The van der Waals surface area contributed by atoms with Crippen molar-refractivity contribution in [3.8, 4) is 5.75 Å². The Morgan fingerprint density at radius 1 is 1.26 bits per heavy atom. The first-order valence-corrected chi connectivity index (χ1v) is 8.62. The summed E-state index contributed by atoms with van der Waals surface area (Å²) in [6.45, 7) is 1.98. The molecule has 3 rings (SSSR count). The predicted octanol–water partition coefficient (Wildman–Crippen LogP) is 1.20. The van der Waals surface area contributed by atoms with Crippen molar-refractivity contribution in [2.24, 2.45) is 0 Å². The highest BCUT2D eigenvalue weighted by Gasteiger charge is 2.20. The van der Waals surface area contributed by atoms with Gasteiger partial charge in [0.15, 0.2) is 0 Å². The molecule has 140 valence electrons. The molecule has 27 heavy (non-hydrogen) atoms. The van der Waals surface area contributed by atoms with Crippen LogP contribution < -0.4 is 15.4 Å². The summed E-state index contributed by atoms with van der Waals surface area (Å²) in [7, 11) is 0. The maximum atomic E-state index is 12.4. The van der Waals surface area contributed by atoms with E-state index in [0.29, 0.717) is 18.7 Å². The first-order valence-electron chi connectivity index (χ1n) is 8.62. The molecule has 0 saturated carbocycles. The number of H-pyrrole nitrogens is 1. The minimum absolute atomic E-state index is 0.271. The number of carbonyl (C=O) groups is 2. The van der Waals surface area contributed by atoms with Gasteiger partial charge in [-0.1, -0.05) is 18.2 Å². The van der Waals surface area contributed by atoms with Gasteiger partial charge in [-0.3, -0.25) is 14.6 Å². The van der Waals surface area contributed by atoms with Crippen molar-refractivity contribution < 1.29 is 14.3 Å². The lowest BCUT2D eigenvalue weighted by Crippen LogP contribution is -2.48. The third kappa shape index (κ3) is 5.04. The third-order valence-electron chi connectivity index (χ3n) is 3.93. The summed E-state index contributed by atoms with van der Waals surface area (Å²) in [4.78, 5) is 35.0. The number of imidazole rings is 1. The fraction of sp³-hybridized carbons (Fsp3) is 0.263. The fourth-order valence-corrected chi connectivity index (χ4v) is 2.72. The van der Waals surface area contributed by atoms with Crippen molar-refractivity contribution in [2.75, 3.05) is 13.2 Å². The molecule has 8 heteroatoms. The zero-order valence-corrected chi connectivity index (χ0v) is 14.9. The molecule has 2 amide bonds. The zero-order valence-electron chi connectivity index (χ0n) is 14.9. The van der Waals surface area contributed by atoms with E-state index in [-0.39, 0.29) is 18.4 Å². The Balaban J connectivity index is 1.53. The van der Waals surface area contributed by atoms with Gasteiger partial charge in [0.1, 0.15) is 23.9 Å². The highest BCUT2D eigenvalue weighted by atomic mass is 16.5. The molecule has 2 heterocycles. The molecule has 0 bridgehead atoms. The van der Waals surface area contributed by atoms with Crippen LogP contribution in [0.25, 0.3) is 10.9 Å². The van der Waals surface area contributed by atoms with E-state index in [0.717, 1.165) is 16.6 Å². The maximum Gasteiger partial charge on any atom is 0.243 e. The molecule has 0 fully saturated rings. The summed E-state index contributed by atoms with van der Waals surface area (Å²) >= 11 is 0. The molecule has 0 unspecified atom stereocenters. The Morgan fingerprint density at radius 2 is 2.11 bits per heavy atom. The highest BCUT2D eigenvalue weighted by Crippen LogP contribution is 2.22. The van der Waals surface area contributed by atoms with Gasteiger partial charge in [-0.2, -0.15) is 0 Å². The van der Waals surface area contributed by atoms with E-state index in [4.69, 9.17) is 4.74 Å². The van der Waals surface area contributed by atoms with Crippen molar-refractivity contribution in [3.63, 3.8) is 0 Å². The van der Waals surface area contributed by atoms with E-state index in [1.807, 2.05) is 30.3 Å². The van der Waals surface area contributed by atoms with E-state index in [9.17, 15) is 9.59 Å². The molecule has 1 atom stereocenters. The van der Waals surface area contributed by atoms with Crippen LogP contribution in [0.2, 0.25) is 0 Å². The molecule has 0 aliphatic heterocycles. The van der Waals surface area contributed by atoms with Gasteiger partial charge >= 0.3 is 0 Å². The van der Waals surface area contributed by atoms with E-state index in [1.54, 1.807) is 12.4 Å². The number of hydrogen-bond acceptors (Lipinski definition) is 5. The summed E-state index contributed by atoms with van der Waals surface area (Å²) in [6, 6.07) is 8.86. The zero-order chi connectivity index (χ0) is 19.1. The normalized spacial score (nSPS) is 11.7. The topological polar surface area (TPSA) is 109 Å². The van der Waals surface area contributed by atoms with Crippen molar-refractivity contribution >= 4 is 22.7 Å². The lowest BCUT2D eigenvalue weighted by atomic mass is 10.1. The molecule has 3 aromatic rings. The number of fused-ring (bicyclic) bond motifs is 1. The van der Waals surface area contributed by atoms with Gasteiger partial charge in [-0.05, 0) is 12.1 Å². The molecule has 0 saturated heterocycles. The predicted molar refractivity (Wildman–Crippen MR) is 100 cm³/mol. The van der Waals surface area contributed by atoms with E-state index in [1.165, 1.54) is 13.3 Å². The van der Waals surface area contributed by atoms with Gasteiger partial charge in [0.2, 0.25) is 11.8 Å². The number of ether oxygens (including phenoxy) is 1. The lowest BCUT2D eigenvalue weighted by Gasteiger charge is -2.17. The maximum absolute atomic E-state index is 12.4. The molecular weight excluding hydrogens is 346 g/mol. The number of nitrogens with zero attached hydrogens (tertiary/aromatic N) is 2. The number of benzene rings is 1. The SMILES string of the molecule is CC(=O)N[C@@H](Cc1cnc[nH]1)C(=O)NCCOc1cccc2cccnc12. The Labute approximate surface area is 156 Å². The van der Waals surface area contributed by atoms with Crippen LogP contribution in [-0.2, 0) is 16.0 Å². The Kier molecular flexibility index (Phi) is 5.98. The second kappa shape index (κ2) is 8.79. The summed E-state index contributed by atoms with van der Waals surface area (Å²) in [5.74, 6) is 0.116. The number of hydrogen-bond donors (Lipinski definition) is 3. The van der Waals surface area contributed by atoms with Crippen molar-refractivity contribution in [3.05, 3.63) is 54.7 Å². The Bertz CT molecular complexity index is 905. The molecule has 0 aliphatic rings. The molecular formula is C19H21N5O3. The van der Waals surface area contributed by atoms with Crippen molar-refractivity contribution in [1.82, 2.24) is 25.6 Å². The lowest BCUT2D eigenvalue weighted by molar-refractivity contribution is -0.128. The van der Waals surface area contributed by atoms with Crippen LogP contribution in [0, 0.1) is 0 Å². The first kappa shape index (κ1) is 18.4. The summed E-state index contributed by atoms with van der Waals surface area (Å²) in [5, 5.41) is 6.43. The number of nitrogens with one attached hydrogen (secondary N) is 3. The molecule has 8 nitrogen and oxygen atoms in total. The van der Waals surface area contributed by atoms with Crippen molar-refractivity contribution in [1.29, 1.82) is 0 Å². The number of carbonyl (C=O) groups excluding carboxylic acids is 2. The van der Waals surface area contributed by atoms with Crippen molar-refractivity contribution in [2.45, 2.75) is 19.4 Å². The molecule has 3 N–H and O–H groups in total. The average Bonchev–Trinajstić information content (AvgIpc) is 3.17. The Morgan fingerprint density at radius 3 is 2.89 bits per heavy atom. The quantitative estimate of drug-likeness (QED) is 0.519. The third-order valence-corrected chi connectivity index (χ3v) is 3.93. The van der Waals surface area contributed by atoms with E-state index in [2.05, 4.69) is 25.6 Å². The molecule has 2 aromatic heterocycles. The van der Waals surface area contributed by atoms with Gasteiger partial charge < -0.3 is 20.4 Å². The standard InChI is InChI=1S/C19H21N5O3/c1-13(25)24-16(10-15-11-20-12-23-15)19(26)22-8-9-27-17-6-2-4-14-5-3-7-21-18(14)17/h2-7,11-12,16H,8-10H2,1H3,(H,20,23)(H,22,26)(H,24,25)/t16-/m0/s1. The van der Waals surface area contributed by atoms with E-state index >= 15 is 0 Å². The molecule has 0 radical (unpaired) electrons. The fourth-order valence-electron chi connectivity index (χ4n) is 2.72. The van der Waals surface area contributed by atoms with Gasteiger partial charge in [0, 0.05) is 36.8 Å². The molecule has 1 aromatic carbocycles. The molecule has 0 aliphatic carbocycles. The van der Waals surface area contributed by atoms with Gasteiger partial charge in [0.25, 0.3) is 0 Å². The monoisotopic (exact) mass is 367 g/mol. The smallest absolute Gasteiger partial charge is 0.243 e. The summed E-state index contributed by atoms with van der Waals surface area (Å²) in [6.07, 6.45) is 5.20. The Hall–Kier alpha value is -3.42. The van der Waals surface area contributed by atoms with Gasteiger partial charge in [-0.25, -0.2) is 4.98 Å². The van der Waals surface area contributed by atoms with Gasteiger partial charge in [0.05, 0.1) is 12.9 Å². The number of rotatable bonds is 8.